The minimum absolute atomic E-state index is 0. The standard InChI is InChI=1S/C22H34N4O2.HI/c1-27-17-8-13-26(14-9-17)22(11-4-5-12-22)16-24-21(23)25-19-10-15-28-20-7-3-2-6-18(19)20;/h2-3,6-7,17,19H,4-5,8-16H2,1H3,(H3,23,24,25);1H. The predicted octanol–water partition coefficient (Wildman–Crippen LogP) is 3.46. The summed E-state index contributed by atoms with van der Waals surface area (Å²) < 4.78 is 11.3. The summed E-state index contributed by atoms with van der Waals surface area (Å²) in [5.41, 5.74) is 7.68. The molecule has 1 aromatic carbocycles. The number of para-hydroxylation sites is 1. The van der Waals surface area contributed by atoms with Gasteiger partial charge in [-0.1, -0.05) is 31.0 Å². The molecule has 6 nitrogen and oxygen atoms in total. The Hall–Kier alpha value is -1.06. The number of nitrogens with two attached hydrogens (primary N) is 1. The second-order valence-corrected chi connectivity index (χ2v) is 8.43. The highest BCUT2D eigenvalue weighted by atomic mass is 127. The van der Waals surface area contributed by atoms with Gasteiger partial charge in [-0.2, -0.15) is 0 Å². The van der Waals surface area contributed by atoms with E-state index in [0.29, 0.717) is 18.7 Å². The normalized spacial score (nSPS) is 25.0. The van der Waals surface area contributed by atoms with Crippen molar-refractivity contribution in [1.82, 2.24) is 10.2 Å². The molecule has 2 fully saturated rings. The molecule has 0 spiro atoms. The molecular weight excluding hydrogens is 479 g/mol. The highest BCUT2D eigenvalue weighted by Crippen LogP contribution is 2.37. The first-order valence-electron chi connectivity index (χ1n) is 10.8. The summed E-state index contributed by atoms with van der Waals surface area (Å²) in [4.78, 5) is 7.49. The Kier molecular flexibility index (Phi) is 8.04. The van der Waals surface area contributed by atoms with Gasteiger partial charge in [0, 0.05) is 37.7 Å². The number of aliphatic imine (C=N–C) groups is 1. The number of halogens is 1. The van der Waals surface area contributed by atoms with E-state index in [9.17, 15) is 0 Å². The molecule has 2 aliphatic heterocycles. The minimum Gasteiger partial charge on any atom is -0.493 e. The first-order chi connectivity index (χ1) is 13.7. The number of nitrogens with zero attached hydrogens (tertiary/aromatic N) is 2. The van der Waals surface area contributed by atoms with E-state index in [1.807, 2.05) is 25.3 Å². The molecule has 1 unspecified atom stereocenters. The van der Waals surface area contributed by atoms with Crippen LogP contribution in [0.2, 0.25) is 0 Å². The van der Waals surface area contributed by atoms with Crippen LogP contribution in [0.25, 0.3) is 0 Å². The van der Waals surface area contributed by atoms with Gasteiger partial charge in [0.05, 0.1) is 25.3 Å². The fourth-order valence-corrected chi connectivity index (χ4v) is 5.12. The fraction of sp³-hybridized carbons (Fsp3) is 0.682. The van der Waals surface area contributed by atoms with Crippen molar-refractivity contribution in [3.63, 3.8) is 0 Å². The molecule has 4 rings (SSSR count). The lowest BCUT2D eigenvalue weighted by Gasteiger charge is -2.44. The number of nitrogens with one attached hydrogen (secondary N) is 1. The molecule has 1 saturated carbocycles. The maximum Gasteiger partial charge on any atom is 0.189 e. The van der Waals surface area contributed by atoms with Crippen LogP contribution in [0, 0.1) is 0 Å². The summed E-state index contributed by atoms with van der Waals surface area (Å²) in [7, 11) is 1.83. The Labute approximate surface area is 191 Å². The van der Waals surface area contributed by atoms with Crippen molar-refractivity contribution in [2.75, 3.05) is 33.4 Å². The van der Waals surface area contributed by atoms with Gasteiger partial charge in [0.25, 0.3) is 0 Å². The Morgan fingerprint density at radius 1 is 1.24 bits per heavy atom. The van der Waals surface area contributed by atoms with E-state index in [1.54, 1.807) is 0 Å². The smallest absolute Gasteiger partial charge is 0.189 e. The maximum atomic E-state index is 6.33. The number of fused-ring (bicyclic) bond motifs is 1. The number of likely N-dealkylation sites (tertiary alicyclic amines) is 1. The van der Waals surface area contributed by atoms with Gasteiger partial charge >= 0.3 is 0 Å². The topological polar surface area (TPSA) is 72.1 Å². The number of ether oxygens (including phenoxy) is 2. The van der Waals surface area contributed by atoms with Crippen LogP contribution in [0.1, 0.15) is 56.6 Å². The zero-order valence-corrected chi connectivity index (χ0v) is 19.8. The van der Waals surface area contributed by atoms with Crippen molar-refractivity contribution in [2.45, 2.75) is 62.6 Å². The lowest BCUT2D eigenvalue weighted by atomic mass is 9.91. The molecule has 3 N–H and O–H groups in total. The molecule has 29 heavy (non-hydrogen) atoms. The maximum absolute atomic E-state index is 6.33. The van der Waals surface area contributed by atoms with Gasteiger partial charge < -0.3 is 20.5 Å². The summed E-state index contributed by atoms with van der Waals surface area (Å²) in [6, 6.07) is 8.36. The van der Waals surface area contributed by atoms with Crippen molar-refractivity contribution in [3.05, 3.63) is 29.8 Å². The third kappa shape index (κ3) is 5.17. The molecule has 0 radical (unpaired) electrons. The third-order valence-electron chi connectivity index (χ3n) is 6.80. The summed E-state index contributed by atoms with van der Waals surface area (Å²) in [6.45, 7) is 3.71. The lowest BCUT2D eigenvalue weighted by Crippen LogP contribution is -2.53. The van der Waals surface area contributed by atoms with Crippen LogP contribution >= 0.6 is 24.0 Å². The van der Waals surface area contributed by atoms with E-state index in [4.69, 9.17) is 20.2 Å². The van der Waals surface area contributed by atoms with Gasteiger partial charge in [0.2, 0.25) is 0 Å². The monoisotopic (exact) mass is 514 g/mol. The summed E-state index contributed by atoms with van der Waals surface area (Å²) in [6.07, 6.45) is 8.59. The number of rotatable bonds is 5. The minimum atomic E-state index is 0. The number of benzene rings is 1. The first kappa shape index (κ1) is 22.6. The summed E-state index contributed by atoms with van der Waals surface area (Å²) in [5, 5.41) is 3.44. The molecule has 1 saturated heterocycles. The number of guanidine groups is 1. The quantitative estimate of drug-likeness (QED) is 0.358. The van der Waals surface area contributed by atoms with Crippen LogP contribution < -0.4 is 15.8 Å². The van der Waals surface area contributed by atoms with Crippen LogP contribution in [-0.4, -0.2) is 55.9 Å². The first-order valence-corrected chi connectivity index (χ1v) is 10.8. The highest BCUT2D eigenvalue weighted by Gasteiger charge is 2.41. The number of piperidine rings is 1. The zero-order valence-electron chi connectivity index (χ0n) is 17.4. The fourth-order valence-electron chi connectivity index (χ4n) is 5.12. The molecule has 0 aromatic heterocycles. The molecule has 1 aromatic rings. The third-order valence-corrected chi connectivity index (χ3v) is 6.80. The Balaban J connectivity index is 0.00000240. The van der Waals surface area contributed by atoms with Gasteiger partial charge in [-0.3, -0.25) is 9.89 Å². The molecule has 1 aliphatic carbocycles. The summed E-state index contributed by atoms with van der Waals surface area (Å²) >= 11 is 0. The molecule has 1 atom stereocenters. The molecular formula is C22H35IN4O2. The van der Waals surface area contributed by atoms with Crippen molar-refractivity contribution in [3.8, 4) is 5.75 Å². The molecule has 2 heterocycles. The SMILES string of the molecule is COC1CCN(C2(CN=C(N)NC3CCOc4ccccc43)CCCC2)CC1.I. The molecule has 3 aliphatic rings. The Morgan fingerprint density at radius 2 is 1.97 bits per heavy atom. The van der Waals surface area contributed by atoms with Crippen LogP contribution in [0.5, 0.6) is 5.75 Å². The van der Waals surface area contributed by atoms with Gasteiger partial charge in [-0.05, 0) is 31.7 Å². The number of hydrogen-bond donors (Lipinski definition) is 2. The van der Waals surface area contributed by atoms with Crippen molar-refractivity contribution < 1.29 is 9.47 Å². The van der Waals surface area contributed by atoms with E-state index < -0.39 is 0 Å². The van der Waals surface area contributed by atoms with E-state index >= 15 is 0 Å². The van der Waals surface area contributed by atoms with Gasteiger partial charge in [-0.15, -0.1) is 24.0 Å². The lowest BCUT2D eigenvalue weighted by molar-refractivity contribution is -0.0000588. The van der Waals surface area contributed by atoms with E-state index in [0.717, 1.165) is 44.6 Å². The molecule has 0 bridgehead atoms. The van der Waals surface area contributed by atoms with Crippen LogP contribution in [0.3, 0.4) is 0 Å². The Bertz CT molecular complexity index is 685. The average Bonchev–Trinajstić information content (AvgIpc) is 3.23. The van der Waals surface area contributed by atoms with E-state index in [-0.39, 0.29) is 35.6 Å². The highest BCUT2D eigenvalue weighted by molar-refractivity contribution is 14.0. The number of hydrogen-bond acceptors (Lipinski definition) is 4. The van der Waals surface area contributed by atoms with Gasteiger partial charge in [0.15, 0.2) is 5.96 Å². The van der Waals surface area contributed by atoms with E-state index in [1.165, 1.54) is 31.2 Å². The van der Waals surface area contributed by atoms with Crippen LogP contribution in [0.4, 0.5) is 0 Å². The van der Waals surface area contributed by atoms with Crippen molar-refractivity contribution in [1.29, 1.82) is 0 Å². The van der Waals surface area contributed by atoms with Crippen molar-refractivity contribution >= 4 is 29.9 Å². The Morgan fingerprint density at radius 3 is 2.69 bits per heavy atom. The predicted molar refractivity (Wildman–Crippen MR) is 127 cm³/mol. The largest absolute Gasteiger partial charge is 0.493 e. The molecule has 7 heteroatoms. The molecule has 0 amide bonds. The zero-order chi connectivity index (χ0) is 19.4. The van der Waals surface area contributed by atoms with Crippen LogP contribution in [0.15, 0.2) is 29.3 Å². The second-order valence-electron chi connectivity index (χ2n) is 8.43. The van der Waals surface area contributed by atoms with Crippen molar-refractivity contribution in [2.24, 2.45) is 10.7 Å². The molecule has 162 valence electrons. The average molecular weight is 514 g/mol. The van der Waals surface area contributed by atoms with Gasteiger partial charge in [-0.25, -0.2) is 0 Å². The van der Waals surface area contributed by atoms with Crippen LogP contribution in [-0.2, 0) is 4.74 Å². The van der Waals surface area contributed by atoms with Gasteiger partial charge in [0.1, 0.15) is 5.75 Å². The second kappa shape index (κ2) is 10.3. The number of methoxy groups -OCH3 is 1. The summed E-state index contributed by atoms with van der Waals surface area (Å²) in [5.74, 6) is 1.51. The van der Waals surface area contributed by atoms with E-state index in [2.05, 4.69) is 16.3 Å².